The molecule has 1 saturated heterocycles. The summed E-state index contributed by atoms with van der Waals surface area (Å²) in [6.07, 6.45) is 0. The van der Waals surface area contributed by atoms with Crippen molar-refractivity contribution < 1.29 is 9.53 Å². The molecule has 0 spiro atoms. The van der Waals surface area contributed by atoms with Crippen molar-refractivity contribution in [3.05, 3.63) is 82.7 Å². The fraction of sp³-hybridized carbons (Fsp3) is 0.360. The first-order chi connectivity index (χ1) is 15.0. The molecule has 162 valence electrons. The molecule has 0 unspecified atom stereocenters. The average molecular weight is 419 g/mol. The molecular formula is C25H30N4O2. The molecule has 1 aromatic heterocycles. The van der Waals surface area contributed by atoms with Gasteiger partial charge in [-0.05, 0) is 37.1 Å². The van der Waals surface area contributed by atoms with E-state index in [4.69, 9.17) is 4.74 Å². The first-order valence-electron chi connectivity index (χ1n) is 10.8. The first-order valence-corrected chi connectivity index (χ1v) is 10.8. The van der Waals surface area contributed by atoms with Crippen LogP contribution in [0, 0.1) is 13.8 Å². The Morgan fingerprint density at radius 2 is 1.68 bits per heavy atom. The van der Waals surface area contributed by atoms with Gasteiger partial charge in [-0.2, -0.15) is 5.10 Å². The van der Waals surface area contributed by atoms with Crippen molar-refractivity contribution >= 4 is 11.6 Å². The number of carbonyl (C=O) groups is 1. The van der Waals surface area contributed by atoms with E-state index in [1.165, 1.54) is 11.3 Å². The van der Waals surface area contributed by atoms with Gasteiger partial charge in [-0.3, -0.25) is 9.48 Å². The summed E-state index contributed by atoms with van der Waals surface area (Å²) in [4.78, 5) is 17.3. The molecule has 0 bridgehead atoms. The Morgan fingerprint density at radius 3 is 2.35 bits per heavy atom. The molecule has 0 aliphatic carbocycles. The predicted octanol–water partition coefficient (Wildman–Crippen LogP) is 3.66. The topological polar surface area (TPSA) is 50.6 Å². The number of amides is 1. The highest BCUT2D eigenvalue weighted by Gasteiger charge is 2.22. The van der Waals surface area contributed by atoms with Crippen LogP contribution in [0.5, 0.6) is 0 Å². The monoisotopic (exact) mass is 418 g/mol. The van der Waals surface area contributed by atoms with Gasteiger partial charge in [-0.1, -0.05) is 42.5 Å². The van der Waals surface area contributed by atoms with Crippen LogP contribution in [0.15, 0.2) is 54.6 Å². The highest BCUT2D eigenvalue weighted by atomic mass is 16.5. The van der Waals surface area contributed by atoms with Gasteiger partial charge in [0.2, 0.25) is 0 Å². The van der Waals surface area contributed by atoms with Gasteiger partial charge >= 0.3 is 0 Å². The molecule has 0 saturated carbocycles. The van der Waals surface area contributed by atoms with Crippen molar-refractivity contribution in [2.45, 2.75) is 26.9 Å². The van der Waals surface area contributed by atoms with Gasteiger partial charge in [0.05, 0.1) is 31.0 Å². The molecule has 2 heterocycles. The fourth-order valence-electron chi connectivity index (χ4n) is 4.09. The molecule has 1 amide bonds. The lowest BCUT2D eigenvalue weighted by molar-refractivity contribution is 0.0783. The maximum absolute atomic E-state index is 13.2. The quantitative estimate of drug-likeness (QED) is 0.613. The second kappa shape index (κ2) is 9.35. The smallest absolute Gasteiger partial charge is 0.257 e. The van der Waals surface area contributed by atoms with E-state index in [1.54, 1.807) is 4.90 Å². The summed E-state index contributed by atoms with van der Waals surface area (Å²) in [6.45, 7) is 8.49. The minimum Gasteiger partial charge on any atom is -0.378 e. The largest absolute Gasteiger partial charge is 0.378 e. The molecule has 0 N–H and O–H groups in total. The number of hydrogen-bond acceptors (Lipinski definition) is 4. The van der Waals surface area contributed by atoms with E-state index in [2.05, 4.69) is 46.4 Å². The molecule has 2 aromatic carbocycles. The Balaban J connectivity index is 1.44. The third kappa shape index (κ3) is 4.80. The van der Waals surface area contributed by atoms with Crippen molar-refractivity contribution in [1.82, 2.24) is 14.7 Å². The maximum atomic E-state index is 13.2. The Bertz CT molecular complexity index is 1020. The van der Waals surface area contributed by atoms with Crippen molar-refractivity contribution in [1.29, 1.82) is 0 Å². The molecule has 31 heavy (non-hydrogen) atoms. The second-order valence-electron chi connectivity index (χ2n) is 8.12. The predicted molar refractivity (Wildman–Crippen MR) is 123 cm³/mol. The molecule has 6 heteroatoms. The summed E-state index contributed by atoms with van der Waals surface area (Å²) in [5.74, 6) is 0.00608. The van der Waals surface area contributed by atoms with Crippen molar-refractivity contribution in [3.8, 4) is 0 Å². The molecule has 4 rings (SSSR count). The van der Waals surface area contributed by atoms with Crippen LogP contribution in [0.2, 0.25) is 0 Å². The van der Waals surface area contributed by atoms with Crippen LogP contribution in [0.3, 0.4) is 0 Å². The van der Waals surface area contributed by atoms with Gasteiger partial charge in [0.1, 0.15) is 0 Å². The lowest BCUT2D eigenvalue weighted by Crippen LogP contribution is -2.36. The average Bonchev–Trinajstić information content (AvgIpc) is 3.07. The number of anilines is 1. The summed E-state index contributed by atoms with van der Waals surface area (Å²) in [5, 5.41) is 4.63. The van der Waals surface area contributed by atoms with Crippen LogP contribution in [-0.4, -0.2) is 53.9 Å². The third-order valence-electron chi connectivity index (χ3n) is 5.85. The van der Waals surface area contributed by atoms with E-state index >= 15 is 0 Å². The van der Waals surface area contributed by atoms with Crippen molar-refractivity contribution in [2.75, 3.05) is 38.3 Å². The van der Waals surface area contributed by atoms with Crippen LogP contribution in [0.1, 0.15) is 32.9 Å². The number of aryl methyl sites for hydroxylation is 1. The SMILES string of the molecule is Cc1nn(Cc2ccccc2)c(C)c1C(=O)N(C)Cc1ccc(N2CCOCC2)cc1. The Labute approximate surface area is 184 Å². The zero-order chi connectivity index (χ0) is 21.8. The van der Waals surface area contributed by atoms with Crippen LogP contribution in [0.25, 0.3) is 0 Å². The summed E-state index contributed by atoms with van der Waals surface area (Å²) >= 11 is 0. The van der Waals surface area contributed by atoms with E-state index in [9.17, 15) is 4.79 Å². The summed E-state index contributed by atoms with van der Waals surface area (Å²) in [7, 11) is 1.85. The minimum absolute atomic E-state index is 0.00608. The number of rotatable bonds is 6. The fourth-order valence-corrected chi connectivity index (χ4v) is 4.09. The summed E-state index contributed by atoms with van der Waals surface area (Å²) < 4.78 is 7.35. The Hall–Kier alpha value is -3.12. The van der Waals surface area contributed by atoms with Crippen LogP contribution < -0.4 is 4.90 Å². The van der Waals surface area contributed by atoms with E-state index in [1.807, 2.05) is 43.8 Å². The highest BCUT2D eigenvalue weighted by Crippen LogP contribution is 2.20. The number of carbonyl (C=O) groups excluding carboxylic acids is 1. The highest BCUT2D eigenvalue weighted by molar-refractivity contribution is 5.96. The maximum Gasteiger partial charge on any atom is 0.257 e. The minimum atomic E-state index is 0.00608. The van der Waals surface area contributed by atoms with Crippen LogP contribution in [0.4, 0.5) is 5.69 Å². The molecule has 1 aliphatic heterocycles. The Kier molecular flexibility index (Phi) is 6.37. The number of ether oxygens (including phenoxy) is 1. The normalized spacial score (nSPS) is 14.0. The van der Waals surface area contributed by atoms with E-state index < -0.39 is 0 Å². The molecule has 0 atom stereocenters. The van der Waals surface area contributed by atoms with E-state index in [-0.39, 0.29) is 5.91 Å². The number of morpholine rings is 1. The number of benzene rings is 2. The third-order valence-corrected chi connectivity index (χ3v) is 5.85. The number of aromatic nitrogens is 2. The van der Waals surface area contributed by atoms with Gasteiger partial charge in [0, 0.05) is 38.1 Å². The lowest BCUT2D eigenvalue weighted by atomic mass is 10.1. The van der Waals surface area contributed by atoms with Gasteiger partial charge in [-0.15, -0.1) is 0 Å². The van der Waals surface area contributed by atoms with Gasteiger partial charge < -0.3 is 14.5 Å². The molecule has 0 radical (unpaired) electrons. The van der Waals surface area contributed by atoms with Gasteiger partial charge in [-0.25, -0.2) is 0 Å². The lowest BCUT2D eigenvalue weighted by Gasteiger charge is -2.29. The summed E-state index contributed by atoms with van der Waals surface area (Å²) in [6, 6.07) is 18.7. The van der Waals surface area contributed by atoms with Crippen molar-refractivity contribution in [3.63, 3.8) is 0 Å². The Morgan fingerprint density at radius 1 is 1.00 bits per heavy atom. The second-order valence-corrected chi connectivity index (χ2v) is 8.12. The number of hydrogen-bond donors (Lipinski definition) is 0. The molecule has 3 aromatic rings. The molecular weight excluding hydrogens is 388 g/mol. The zero-order valence-electron chi connectivity index (χ0n) is 18.5. The standard InChI is InChI=1S/C25H30N4O2/c1-19-24(20(2)29(26-19)18-21-7-5-4-6-8-21)25(30)27(3)17-22-9-11-23(12-10-22)28-13-15-31-16-14-28/h4-12H,13-18H2,1-3H3. The molecule has 1 fully saturated rings. The van der Waals surface area contributed by atoms with Gasteiger partial charge in [0.15, 0.2) is 0 Å². The van der Waals surface area contributed by atoms with E-state index in [0.717, 1.165) is 43.3 Å². The first kappa shape index (κ1) is 21.1. The number of nitrogens with zero attached hydrogens (tertiary/aromatic N) is 4. The molecule has 6 nitrogen and oxygen atoms in total. The van der Waals surface area contributed by atoms with Crippen LogP contribution >= 0.6 is 0 Å². The van der Waals surface area contributed by atoms with Crippen molar-refractivity contribution in [2.24, 2.45) is 0 Å². The van der Waals surface area contributed by atoms with E-state index in [0.29, 0.717) is 18.7 Å². The molecule has 1 aliphatic rings. The van der Waals surface area contributed by atoms with Gasteiger partial charge in [0.25, 0.3) is 5.91 Å². The zero-order valence-corrected chi connectivity index (χ0v) is 18.5. The van der Waals surface area contributed by atoms with Crippen LogP contribution in [-0.2, 0) is 17.8 Å². The summed E-state index contributed by atoms with van der Waals surface area (Å²) in [5.41, 5.74) is 5.85.